The van der Waals surface area contributed by atoms with Gasteiger partial charge < -0.3 is 0 Å². The van der Waals surface area contributed by atoms with Crippen LogP contribution in [-0.2, 0) is 20.0 Å². The van der Waals surface area contributed by atoms with Crippen LogP contribution in [0.3, 0.4) is 0 Å². The van der Waals surface area contributed by atoms with Gasteiger partial charge in [-0.2, -0.15) is 5.10 Å². The average molecular weight is 306 g/mol. The van der Waals surface area contributed by atoms with Gasteiger partial charge in [-0.3, -0.25) is 14.6 Å². The third-order valence-electron chi connectivity index (χ3n) is 4.76. The van der Waals surface area contributed by atoms with E-state index in [0.29, 0.717) is 0 Å². The van der Waals surface area contributed by atoms with Gasteiger partial charge in [-0.15, -0.1) is 0 Å². The molecule has 1 aliphatic rings. The molecule has 0 spiro atoms. The van der Waals surface area contributed by atoms with Gasteiger partial charge in [0, 0.05) is 43.5 Å². The van der Waals surface area contributed by atoms with Crippen molar-refractivity contribution in [1.82, 2.24) is 19.7 Å². The molecule has 0 saturated carbocycles. The van der Waals surface area contributed by atoms with E-state index in [9.17, 15) is 0 Å². The monoisotopic (exact) mass is 306 g/mol. The Kier molecular flexibility index (Phi) is 3.83. The van der Waals surface area contributed by atoms with Crippen molar-refractivity contribution in [3.63, 3.8) is 0 Å². The fourth-order valence-electron chi connectivity index (χ4n) is 3.68. The zero-order valence-electron chi connectivity index (χ0n) is 13.5. The maximum Gasteiger partial charge on any atom is 0.0733 e. The predicted octanol–water partition coefficient (Wildman–Crippen LogP) is 3.03. The lowest BCUT2D eigenvalue weighted by Crippen LogP contribution is -2.20. The van der Waals surface area contributed by atoms with E-state index in [1.54, 1.807) is 0 Å². The van der Waals surface area contributed by atoms with Crippen LogP contribution in [0.4, 0.5) is 0 Å². The zero-order valence-corrected chi connectivity index (χ0v) is 13.5. The van der Waals surface area contributed by atoms with Crippen LogP contribution in [0.15, 0.2) is 48.9 Å². The maximum absolute atomic E-state index is 4.59. The predicted molar refractivity (Wildman–Crippen MR) is 92.0 cm³/mol. The summed E-state index contributed by atoms with van der Waals surface area (Å²) in [6.07, 6.45) is 8.38. The number of hydrogen-bond acceptors (Lipinski definition) is 3. The molecular weight excluding hydrogens is 284 g/mol. The Morgan fingerprint density at radius 3 is 3.00 bits per heavy atom. The number of hydrogen-bond donors (Lipinski definition) is 0. The number of benzene rings is 1. The lowest BCUT2D eigenvalue weighted by Gasteiger charge is -2.15. The first kappa shape index (κ1) is 14.4. The van der Waals surface area contributed by atoms with Gasteiger partial charge in [0.25, 0.3) is 0 Å². The Labute approximate surface area is 136 Å². The first-order chi connectivity index (χ1) is 11.3. The summed E-state index contributed by atoms with van der Waals surface area (Å²) in [5.41, 5.74) is 3.86. The number of likely N-dealkylation sites (tertiary alicyclic amines) is 1. The van der Waals surface area contributed by atoms with Crippen LogP contribution in [-0.4, -0.2) is 32.8 Å². The van der Waals surface area contributed by atoms with Crippen LogP contribution in [0.1, 0.15) is 17.5 Å². The molecule has 3 aromatic rings. The molecule has 0 N–H and O–H groups in total. The quantitative estimate of drug-likeness (QED) is 0.743. The minimum atomic E-state index is 0.722. The Balaban J connectivity index is 1.43. The van der Waals surface area contributed by atoms with E-state index in [2.05, 4.69) is 45.4 Å². The van der Waals surface area contributed by atoms with Crippen LogP contribution in [0.2, 0.25) is 0 Å². The number of aromatic nitrogens is 3. The summed E-state index contributed by atoms with van der Waals surface area (Å²) in [5, 5.41) is 5.51. The van der Waals surface area contributed by atoms with Crippen molar-refractivity contribution >= 4 is 10.9 Å². The van der Waals surface area contributed by atoms with Gasteiger partial charge in [0.1, 0.15) is 0 Å². The minimum Gasteiger partial charge on any atom is -0.299 e. The van der Waals surface area contributed by atoms with E-state index in [4.69, 9.17) is 0 Å². The highest BCUT2D eigenvalue weighted by atomic mass is 15.2. The summed E-state index contributed by atoms with van der Waals surface area (Å²) in [5.74, 6) is 0.722. The third-order valence-corrected chi connectivity index (χ3v) is 4.76. The van der Waals surface area contributed by atoms with Crippen molar-refractivity contribution in [2.45, 2.75) is 19.4 Å². The van der Waals surface area contributed by atoms with E-state index in [1.807, 2.05) is 30.2 Å². The van der Waals surface area contributed by atoms with Gasteiger partial charge in [0.15, 0.2) is 0 Å². The van der Waals surface area contributed by atoms with E-state index >= 15 is 0 Å². The molecule has 1 aromatic carbocycles. The highest BCUT2D eigenvalue weighted by Crippen LogP contribution is 2.25. The molecule has 4 nitrogen and oxygen atoms in total. The molecule has 0 aliphatic carbocycles. The second-order valence-electron chi connectivity index (χ2n) is 6.61. The molecule has 0 bridgehead atoms. The molecular formula is C19H22N4. The molecule has 118 valence electrons. The molecule has 0 unspecified atom stereocenters. The summed E-state index contributed by atoms with van der Waals surface area (Å²) in [4.78, 5) is 7.13. The smallest absolute Gasteiger partial charge is 0.0733 e. The van der Waals surface area contributed by atoms with Crippen molar-refractivity contribution in [2.75, 3.05) is 13.1 Å². The van der Waals surface area contributed by atoms with Gasteiger partial charge in [0.05, 0.1) is 11.7 Å². The van der Waals surface area contributed by atoms with E-state index in [1.165, 1.54) is 35.0 Å². The van der Waals surface area contributed by atoms with E-state index < -0.39 is 0 Å². The Bertz CT molecular complexity index is 802. The lowest BCUT2D eigenvalue weighted by atomic mass is 9.97. The normalized spacial score (nSPS) is 18.7. The summed E-state index contributed by atoms with van der Waals surface area (Å²) in [6.45, 7) is 3.36. The van der Waals surface area contributed by atoms with Crippen molar-refractivity contribution in [2.24, 2.45) is 13.0 Å². The number of para-hydroxylation sites is 1. The highest BCUT2D eigenvalue weighted by Gasteiger charge is 2.23. The minimum absolute atomic E-state index is 0.722. The van der Waals surface area contributed by atoms with Gasteiger partial charge in [-0.25, -0.2) is 0 Å². The van der Waals surface area contributed by atoms with Crippen LogP contribution in [0.25, 0.3) is 10.9 Å². The number of pyridine rings is 1. The van der Waals surface area contributed by atoms with Crippen molar-refractivity contribution in [1.29, 1.82) is 0 Å². The van der Waals surface area contributed by atoms with Crippen LogP contribution in [0.5, 0.6) is 0 Å². The number of rotatable bonds is 4. The molecule has 3 heterocycles. The fraction of sp³-hybridized carbons (Fsp3) is 0.368. The third kappa shape index (κ3) is 3.13. The number of fused-ring (bicyclic) bond motifs is 1. The molecule has 2 aromatic heterocycles. The topological polar surface area (TPSA) is 34.0 Å². The summed E-state index contributed by atoms with van der Waals surface area (Å²) in [7, 11) is 1.98. The van der Waals surface area contributed by atoms with Gasteiger partial charge in [0.2, 0.25) is 0 Å². The molecule has 4 rings (SSSR count). The molecule has 4 heteroatoms. The van der Waals surface area contributed by atoms with Gasteiger partial charge in [-0.1, -0.05) is 24.3 Å². The average Bonchev–Trinajstić information content (AvgIpc) is 3.17. The first-order valence-electron chi connectivity index (χ1n) is 8.30. The van der Waals surface area contributed by atoms with Crippen molar-refractivity contribution in [3.05, 3.63) is 60.0 Å². The maximum atomic E-state index is 4.59. The van der Waals surface area contributed by atoms with Gasteiger partial charge >= 0.3 is 0 Å². The number of aryl methyl sites for hydroxylation is 1. The highest BCUT2D eigenvalue weighted by molar-refractivity contribution is 5.81. The molecule has 1 atom stereocenters. The van der Waals surface area contributed by atoms with E-state index in [0.717, 1.165) is 25.4 Å². The van der Waals surface area contributed by atoms with Crippen LogP contribution in [0, 0.1) is 5.92 Å². The molecule has 1 saturated heterocycles. The molecule has 1 aliphatic heterocycles. The van der Waals surface area contributed by atoms with Gasteiger partial charge in [-0.05, 0) is 36.9 Å². The van der Waals surface area contributed by atoms with Crippen molar-refractivity contribution in [3.8, 4) is 0 Å². The molecule has 23 heavy (non-hydrogen) atoms. The van der Waals surface area contributed by atoms with Crippen LogP contribution < -0.4 is 0 Å². The molecule has 0 amide bonds. The number of nitrogens with zero attached hydrogens (tertiary/aromatic N) is 4. The SMILES string of the molecule is Cn1cc(CN2CC[C@H](Cc3cccc4cccnc34)C2)cn1. The molecule has 0 radical (unpaired) electrons. The summed E-state index contributed by atoms with van der Waals surface area (Å²) < 4.78 is 1.88. The standard InChI is InChI=1S/C19H22N4/c1-22-12-16(11-21-22)14-23-9-7-15(13-23)10-18-5-2-4-17-6-3-8-20-19(17)18/h2-6,8,11-12,15H,7,9-10,13-14H2,1H3/t15-/m1/s1. The molecule has 1 fully saturated rings. The second kappa shape index (κ2) is 6.13. The lowest BCUT2D eigenvalue weighted by molar-refractivity contribution is 0.316. The van der Waals surface area contributed by atoms with Crippen molar-refractivity contribution < 1.29 is 0 Å². The van der Waals surface area contributed by atoms with Crippen LogP contribution >= 0.6 is 0 Å². The summed E-state index contributed by atoms with van der Waals surface area (Å²) >= 11 is 0. The Hall–Kier alpha value is -2.20. The van der Waals surface area contributed by atoms with E-state index in [-0.39, 0.29) is 0 Å². The Morgan fingerprint density at radius 1 is 1.22 bits per heavy atom. The summed E-state index contributed by atoms with van der Waals surface area (Å²) in [6, 6.07) is 10.7. The first-order valence-corrected chi connectivity index (χ1v) is 8.30. The fourth-order valence-corrected chi connectivity index (χ4v) is 3.68. The Morgan fingerprint density at radius 2 is 2.13 bits per heavy atom. The largest absolute Gasteiger partial charge is 0.299 e. The zero-order chi connectivity index (χ0) is 15.6. The second-order valence-corrected chi connectivity index (χ2v) is 6.61.